The summed E-state index contributed by atoms with van der Waals surface area (Å²) in [6.45, 7) is 0. The predicted molar refractivity (Wildman–Crippen MR) is 98.7 cm³/mol. The van der Waals surface area contributed by atoms with Crippen LogP contribution in [-0.4, -0.2) is 48.2 Å². The molecule has 0 heterocycles. The number of methoxy groups -OCH3 is 4. The number of rotatable bonds is 8. The summed E-state index contributed by atoms with van der Waals surface area (Å²) in [6, 6.07) is 7.13. The van der Waals surface area contributed by atoms with Crippen LogP contribution < -0.4 is 23.8 Å². The minimum absolute atomic E-state index is 0.0434. The Bertz CT molecular complexity index is 917. The zero-order valence-corrected chi connectivity index (χ0v) is 16.0. The van der Waals surface area contributed by atoms with E-state index in [-0.39, 0.29) is 27.9 Å². The van der Waals surface area contributed by atoms with Crippen LogP contribution in [0.2, 0.25) is 0 Å². The van der Waals surface area contributed by atoms with Crippen molar-refractivity contribution in [1.82, 2.24) is 4.83 Å². The summed E-state index contributed by atoms with van der Waals surface area (Å²) >= 11 is 0. The zero-order chi connectivity index (χ0) is 20.0. The SMILES string of the molecule is COc1ccc(S(=O)(=O)N/N=C\c2cc(OC)c(O)c(OC)c2)cc1OC. The highest BCUT2D eigenvalue weighted by molar-refractivity contribution is 7.89. The van der Waals surface area contributed by atoms with Crippen molar-refractivity contribution in [3.63, 3.8) is 0 Å². The largest absolute Gasteiger partial charge is 0.502 e. The first-order chi connectivity index (χ1) is 12.9. The Hall–Kier alpha value is -3.14. The van der Waals surface area contributed by atoms with Crippen molar-refractivity contribution in [3.05, 3.63) is 35.9 Å². The number of nitrogens with zero attached hydrogens (tertiary/aromatic N) is 1. The van der Waals surface area contributed by atoms with Crippen LogP contribution in [0.5, 0.6) is 28.7 Å². The number of hydrogen-bond acceptors (Lipinski definition) is 8. The van der Waals surface area contributed by atoms with Crippen molar-refractivity contribution in [2.24, 2.45) is 5.10 Å². The molecule has 0 unspecified atom stereocenters. The third-order valence-electron chi connectivity index (χ3n) is 3.55. The van der Waals surface area contributed by atoms with Crippen LogP contribution in [0.25, 0.3) is 0 Å². The number of ether oxygens (including phenoxy) is 4. The van der Waals surface area contributed by atoms with E-state index in [0.717, 1.165) is 0 Å². The van der Waals surface area contributed by atoms with Gasteiger partial charge in [-0.15, -0.1) is 0 Å². The maximum atomic E-state index is 12.4. The number of phenolic OH excluding ortho intramolecular Hbond substituents is 1. The third-order valence-corrected chi connectivity index (χ3v) is 4.77. The van der Waals surface area contributed by atoms with Crippen molar-refractivity contribution in [3.8, 4) is 28.7 Å². The molecule has 0 aromatic heterocycles. The molecular formula is C17H20N2O7S. The molecule has 2 aromatic rings. The molecule has 0 atom stereocenters. The average Bonchev–Trinajstić information content (AvgIpc) is 2.68. The van der Waals surface area contributed by atoms with E-state index < -0.39 is 10.0 Å². The van der Waals surface area contributed by atoms with E-state index in [9.17, 15) is 13.5 Å². The molecule has 2 rings (SSSR count). The summed E-state index contributed by atoms with van der Waals surface area (Å²) in [6.07, 6.45) is 1.25. The molecule has 9 nitrogen and oxygen atoms in total. The fourth-order valence-electron chi connectivity index (χ4n) is 2.19. The van der Waals surface area contributed by atoms with Crippen molar-refractivity contribution in [1.29, 1.82) is 0 Å². The molecule has 0 amide bonds. The molecule has 0 spiro atoms. The Morgan fingerprint density at radius 1 is 0.889 bits per heavy atom. The lowest BCUT2D eigenvalue weighted by atomic mass is 10.2. The first-order valence-electron chi connectivity index (χ1n) is 7.58. The molecule has 10 heteroatoms. The molecule has 0 saturated heterocycles. The number of nitrogens with one attached hydrogen (secondary N) is 1. The summed E-state index contributed by atoms with van der Waals surface area (Å²) in [5.74, 6) is 0.848. The minimum atomic E-state index is -3.92. The molecule has 0 fully saturated rings. The highest BCUT2D eigenvalue weighted by Crippen LogP contribution is 2.36. The Balaban J connectivity index is 2.25. The molecular weight excluding hydrogens is 376 g/mol. The lowest BCUT2D eigenvalue weighted by Gasteiger charge is -2.10. The predicted octanol–water partition coefficient (Wildman–Crippen LogP) is 1.74. The van der Waals surface area contributed by atoms with Gasteiger partial charge in [-0.25, -0.2) is 4.83 Å². The fourth-order valence-corrected chi connectivity index (χ4v) is 3.00. The first kappa shape index (κ1) is 20.2. The number of aromatic hydroxyl groups is 1. The quantitative estimate of drug-likeness (QED) is 0.516. The van der Waals surface area contributed by atoms with Gasteiger partial charge in [0.2, 0.25) is 5.75 Å². The number of benzene rings is 2. The van der Waals surface area contributed by atoms with E-state index in [1.807, 2.05) is 0 Å². The Morgan fingerprint density at radius 2 is 1.44 bits per heavy atom. The van der Waals surface area contributed by atoms with Gasteiger partial charge in [0.05, 0.1) is 39.5 Å². The second-order valence-corrected chi connectivity index (χ2v) is 6.80. The van der Waals surface area contributed by atoms with Gasteiger partial charge in [-0.05, 0) is 24.3 Å². The molecule has 0 saturated carbocycles. The van der Waals surface area contributed by atoms with Crippen LogP contribution in [0.1, 0.15) is 5.56 Å². The molecule has 0 bridgehead atoms. The van der Waals surface area contributed by atoms with Crippen LogP contribution in [0, 0.1) is 0 Å². The summed E-state index contributed by atoms with van der Waals surface area (Å²) in [7, 11) is 1.71. The standard InChI is InChI=1S/C17H20N2O7S/c1-23-13-6-5-12(9-14(13)24-2)27(21,22)19-18-10-11-7-15(25-3)17(20)16(8-11)26-4/h5-10,19-20H,1-4H3/b18-10-. The fraction of sp³-hybridized carbons (Fsp3) is 0.235. The minimum Gasteiger partial charge on any atom is -0.502 e. The lowest BCUT2D eigenvalue weighted by Crippen LogP contribution is -2.18. The second-order valence-electron chi connectivity index (χ2n) is 5.14. The maximum Gasteiger partial charge on any atom is 0.276 e. The van der Waals surface area contributed by atoms with Crippen molar-refractivity contribution >= 4 is 16.2 Å². The number of hydrazone groups is 1. The van der Waals surface area contributed by atoms with Crippen LogP contribution in [0.15, 0.2) is 40.3 Å². The van der Waals surface area contributed by atoms with Crippen LogP contribution >= 0.6 is 0 Å². The van der Waals surface area contributed by atoms with E-state index in [1.165, 1.54) is 65.0 Å². The van der Waals surface area contributed by atoms with Gasteiger partial charge in [0.1, 0.15) is 0 Å². The Labute approximate surface area is 157 Å². The van der Waals surface area contributed by atoms with E-state index >= 15 is 0 Å². The van der Waals surface area contributed by atoms with Gasteiger partial charge in [0.15, 0.2) is 23.0 Å². The van der Waals surface area contributed by atoms with Gasteiger partial charge in [-0.2, -0.15) is 13.5 Å². The summed E-state index contributed by atoms with van der Waals surface area (Å²) in [5.41, 5.74) is 0.455. The van der Waals surface area contributed by atoms with E-state index in [1.54, 1.807) is 0 Å². The average molecular weight is 396 g/mol. The van der Waals surface area contributed by atoms with Gasteiger partial charge < -0.3 is 24.1 Å². The van der Waals surface area contributed by atoms with E-state index in [4.69, 9.17) is 18.9 Å². The van der Waals surface area contributed by atoms with E-state index in [0.29, 0.717) is 11.3 Å². The third kappa shape index (κ3) is 4.53. The van der Waals surface area contributed by atoms with Gasteiger partial charge in [-0.1, -0.05) is 0 Å². The van der Waals surface area contributed by atoms with Crippen LogP contribution in [0.3, 0.4) is 0 Å². The molecule has 2 N–H and O–H groups in total. The highest BCUT2D eigenvalue weighted by Gasteiger charge is 2.16. The number of phenols is 1. The van der Waals surface area contributed by atoms with Gasteiger partial charge in [-0.3, -0.25) is 0 Å². The molecule has 0 aliphatic rings. The monoisotopic (exact) mass is 396 g/mol. The smallest absolute Gasteiger partial charge is 0.276 e. The zero-order valence-electron chi connectivity index (χ0n) is 15.2. The molecule has 2 aromatic carbocycles. The van der Waals surface area contributed by atoms with Crippen LogP contribution in [-0.2, 0) is 10.0 Å². The highest BCUT2D eigenvalue weighted by atomic mass is 32.2. The first-order valence-corrected chi connectivity index (χ1v) is 9.06. The van der Waals surface area contributed by atoms with Crippen molar-refractivity contribution in [2.75, 3.05) is 28.4 Å². The van der Waals surface area contributed by atoms with Crippen molar-refractivity contribution < 1.29 is 32.5 Å². The summed E-state index contributed by atoms with van der Waals surface area (Å²) in [5, 5.41) is 13.6. The molecule has 146 valence electrons. The Morgan fingerprint density at radius 3 is 1.96 bits per heavy atom. The van der Waals surface area contributed by atoms with Gasteiger partial charge >= 0.3 is 0 Å². The van der Waals surface area contributed by atoms with Gasteiger partial charge in [0.25, 0.3) is 10.0 Å². The van der Waals surface area contributed by atoms with Crippen molar-refractivity contribution in [2.45, 2.75) is 4.90 Å². The topological polar surface area (TPSA) is 116 Å². The lowest BCUT2D eigenvalue weighted by molar-refractivity contribution is 0.340. The van der Waals surface area contributed by atoms with Gasteiger partial charge in [0, 0.05) is 11.6 Å². The normalized spacial score (nSPS) is 11.3. The summed E-state index contributed by atoms with van der Waals surface area (Å²) in [4.78, 5) is 2.06. The maximum absolute atomic E-state index is 12.4. The molecule has 0 aliphatic carbocycles. The molecule has 0 radical (unpaired) electrons. The second kappa shape index (κ2) is 8.49. The molecule has 27 heavy (non-hydrogen) atoms. The van der Waals surface area contributed by atoms with Crippen LogP contribution in [0.4, 0.5) is 0 Å². The number of sulfonamides is 1. The Kier molecular flexibility index (Phi) is 6.35. The summed E-state index contributed by atoms with van der Waals surface area (Å²) < 4.78 is 45.0. The molecule has 0 aliphatic heterocycles. The number of hydrogen-bond donors (Lipinski definition) is 2. The van der Waals surface area contributed by atoms with E-state index in [2.05, 4.69) is 9.93 Å².